The van der Waals surface area contributed by atoms with Gasteiger partial charge >= 0.3 is 0 Å². The second-order valence-corrected chi connectivity index (χ2v) is 6.32. The van der Waals surface area contributed by atoms with Gasteiger partial charge in [0.1, 0.15) is 0 Å². The lowest BCUT2D eigenvalue weighted by Crippen LogP contribution is -2.20. The smallest absolute Gasteiger partial charge is 0.270 e. The number of hydrogen-bond donors (Lipinski definition) is 2. The van der Waals surface area contributed by atoms with E-state index in [0.29, 0.717) is 17.2 Å². The second-order valence-electron chi connectivity index (χ2n) is 6.32. The van der Waals surface area contributed by atoms with E-state index >= 15 is 0 Å². The van der Waals surface area contributed by atoms with Crippen LogP contribution in [0.25, 0.3) is 0 Å². The van der Waals surface area contributed by atoms with Gasteiger partial charge in [-0.25, -0.2) is 0 Å². The highest BCUT2D eigenvalue weighted by Crippen LogP contribution is 2.29. The number of rotatable bonds is 6. The summed E-state index contributed by atoms with van der Waals surface area (Å²) in [6.45, 7) is 0.723. The average Bonchev–Trinajstić information content (AvgIpc) is 3.03. The van der Waals surface area contributed by atoms with Crippen molar-refractivity contribution in [1.82, 2.24) is 5.32 Å². The topological polar surface area (TPSA) is 84.3 Å². The number of nitro groups is 1. The Hall–Kier alpha value is -2.89. The molecule has 0 saturated carbocycles. The summed E-state index contributed by atoms with van der Waals surface area (Å²) in [5, 5.41) is 16.7. The highest BCUT2D eigenvalue weighted by Gasteiger charge is 2.21. The molecule has 0 aromatic heterocycles. The molecule has 1 aliphatic rings. The number of fused-ring (bicyclic) bond motifs is 1. The van der Waals surface area contributed by atoms with Crippen molar-refractivity contribution in [3.05, 3.63) is 69.3 Å². The summed E-state index contributed by atoms with van der Waals surface area (Å²) in [7, 11) is 1.51. The Labute approximate surface area is 146 Å². The number of hydrogen-bond acceptors (Lipinski definition) is 4. The van der Waals surface area contributed by atoms with Gasteiger partial charge in [-0.15, -0.1) is 0 Å². The molecule has 0 heterocycles. The third-order valence-corrected chi connectivity index (χ3v) is 4.69. The zero-order valence-electron chi connectivity index (χ0n) is 14.1. The number of carbonyl (C=O) groups excluding carboxylic acids is 1. The van der Waals surface area contributed by atoms with Crippen molar-refractivity contribution in [1.29, 1.82) is 0 Å². The molecule has 2 aromatic rings. The third kappa shape index (κ3) is 3.79. The number of nitrogens with zero attached hydrogens (tertiary/aromatic N) is 1. The zero-order valence-corrected chi connectivity index (χ0v) is 14.1. The predicted molar refractivity (Wildman–Crippen MR) is 96.9 cm³/mol. The molecule has 0 saturated heterocycles. The van der Waals surface area contributed by atoms with Gasteiger partial charge in [0.05, 0.1) is 10.5 Å². The number of benzene rings is 2. The Morgan fingerprint density at radius 2 is 1.88 bits per heavy atom. The first-order valence-electron chi connectivity index (χ1n) is 8.39. The van der Waals surface area contributed by atoms with Crippen LogP contribution in [0.4, 0.5) is 11.4 Å². The Morgan fingerprint density at radius 1 is 1.20 bits per heavy atom. The van der Waals surface area contributed by atoms with Crippen LogP contribution in [0.15, 0.2) is 42.5 Å². The molecular formula is C19H21N3O3. The number of anilines is 1. The van der Waals surface area contributed by atoms with Crippen molar-refractivity contribution >= 4 is 17.3 Å². The zero-order chi connectivity index (χ0) is 17.8. The van der Waals surface area contributed by atoms with Crippen LogP contribution < -0.4 is 10.6 Å². The summed E-state index contributed by atoms with van der Waals surface area (Å²) in [5.41, 5.74) is 3.69. The Morgan fingerprint density at radius 3 is 2.48 bits per heavy atom. The number of nitro benzene ring substituents is 1. The molecule has 0 atom stereocenters. The molecule has 1 amide bonds. The lowest BCUT2D eigenvalue weighted by atomic mass is 10.0. The molecule has 0 radical (unpaired) electrons. The molecule has 0 aliphatic heterocycles. The minimum Gasteiger partial charge on any atom is -0.384 e. The quantitative estimate of drug-likeness (QED) is 0.625. The molecular weight excluding hydrogens is 318 g/mol. The molecule has 0 unspecified atom stereocenters. The second kappa shape index (κ2) is 7.34. The highest BCUT2D eigenvalue weighted by molar-refractivity contribution is 6.00. The van der Waals surface area contributed by atoms with Crippen molar-refractivity contribution in [3.63, 3.8) is 0 Å². The van der Waals surface area contributed by atoms with E-state index < -0.39 is 4.92 Å². The van der Waals surface area contributed by atoms with Crippen LogP contribution >= 0.6 is 0 Å². The van der Waals surface area contributed by atoms with E-state index in [4.69, 9.17) is 0 Å². The van der Waals surface area contributed by atoms with E-state index in [0.717, 1.165) is 25.8 Å². The largest absolute Gasteiger partial charge is 0.384 e. The Kier molecular flexibility index (Phi) is 4.97. The first kappa shape index (κ1) is 17.0. The Balaban J connectivity index is 1.63. The van der Waals surface area contributed by atoms with E-state index in [9.17, 15) is 14.9 Å². The van der Waals surface area contributed by atoms with Gasteiger partial charge in [0.15, 0.2) is 0 Å². The van der Waals surface area contributed by atoms with Crippen molar-refractivity contribution in [2.24, 2.45) is 5.92 Å². The monoisotopic (exact) mass is 339 g/mol. The normalized spacial score (nSPS) is 13.3. The molecule has 25 heavy (non-hydrogen) atoms. The van der Waals surface area contributed by atoms with Gasteiger partial charge in [0, 0.05) is 31.4 Å². The Bertz CT molecular complexity index is 779. The van der Waals surface area contributed by atoms with Gasteiger partial charge in [0.25, 0.3) is 11.6 Å². The van der Waals surface area contributed by atoms with Gasteiger partial charge in [-0.3, -0.25) is 14.9 Å². The highest BCUT2D eigenvalue weighted by atomic mass is 16.6. The predicted octanol–water partition coefficient (Wildman–Crippen LogP) is 3.17. The van der Waals surface area contributed by atoms with Crippen LogP contribution in [0.2, 0.25) is 0 Å². The van der Waals surface area contributed by atoms with Gasteiger partial charge in [-0.2, -0.15) is 0 Å². The summed E-state index contributed by atoms with van der Waals surface area (Å²) >= 11 is 0. The number of carbonyl (C=O) groups is 1. The number of nitrogens with one attached hydrogen (secondary N) is 2. The lowest BCUT2D eigenvalue weighted by molar-refractivity contribution is -0.384. The molecule has 3 rings (SSSR count). The van der Waals surface area contributed by atoms with Crippen LogP contribution in [0.1, 0.15) is 27.9 Å². The maximum atomic E-state index is 12.0. The summed E-state index contributed by atoms with van der Waals surface area (Å²) < 4.78 is 0. The van der Waals surface area contributed by atoms with E-state index in [-0.39, 0.29) is 11.6 Å². The molecule has 0 fully saturated rings. The third-order valence-electron chi connectivity index (χ3n) is 4.69. The fourth-order valence-corrected chi connectivity index (χ4v) is 3.39. The first-order valence-corrected chi connectivity index (χ1v) is 8.39. The molecule has 6 nitrogen and oxygen atoms in total. The van der Waals surface area contributed by atoms with E-state index in [1.807, 2.05) is 0 Å². The fourth-order valence-electron chi connectivity index (χ4n) is 3.39. The number of amides is 1. The lowest BCUT2D eigenvalue weighted by Gasteiger charge is -2.13. The van der Waals surface area contributed by atoms with Crippen LogP contribution in [-0.4, -0.2) is 24.4 Å². The molecule has 1 aliphatic carbocycles. The van der Waals surface area contributed by atoms with Crippen molar-refractivity contribution in [3.8, 4) is 0 Å². The van der Waals surface area contributed by atoms with Crippen molar-refractivity contribution in [2.45, 2.75) is 19.3 Å². The summed E-state index contributed by atoms with van der Waals surface area (Å²) in [5.74, 6) is 0.255. The van der Waals surface area contributed by atoms with Gasteiger partial charge in [-0.05, 0) is 42.4 Å². The minimum absolute atomic E-state index is 0.0876. The maximum Gasteiger partial charge on any atom is 0.270 e. The van der Waals surface area contributed by atoms with Crippen LogP contribution in [0.3, 0.4) is 0 Å². The van der Waals surface area contributed by atoms with E-state index in [1.54, 1.807) is 6.07 Å². The van der Waals surface area contributed by atoms with E-state index in [1.165, 1.54) is 30.3 Å². The molecule has 0 spiro atoms. The van der Waals surface area contributed by atoms with Crippen molar-refractivity contribution in [2.75, 3.05) is 18.9 Å². The maximum absolute atomic E-state index is 12.0. The van der Waals surface area contributed by atoms with Gasteiger partial charge in [-0.1, -0.05) is 24.3 Å². The van der Waals surface area contributed by atoms with Crippen molar-refractivity contribution < 1.29 is 9.72 Å². The number of non-ortho nitro benzene ring substituents is 1. The van der Waals surface area contributed by atoms with Crippen LogP contribution in [0.5, 0.6) is 0 Å². The van der Waals surface area contributed by atoms with E-state index in [2.05, 4.69) is 34.9 Å². The first-order chi connectivity index (χ1) is 12.1. The fraction of sp³-hybridized carbons (Fsp3) is 0.316. The molecule has 0 bridgehead atoms. The van der Waals surface area contributed by atoms with Crippen LogP contribution in [0, 0.1) is 16.0 Å². The summed E-state index contributed by atoms with van der Waals surface area (Å²) in [6.07, 6.45) is 3.15. The average molecular weight is 339 g/mol. The van der Waals surface area contributed by atoms with Gasteiger partial charge in [0.2, 0.25) is 0 Å². The standard InChI is InChI=1S/C19H21N3O3/c1-20-19(23)17-12-16(22(24)25)6-7-18(17)21-9-8-13-10-14-4-2-3-5-15(14)11-13/h2-7,12-13,21H,8-11H2,1H3,(H,20,23). The van der Waals surface area contributed by atoms with Crippen LogP contribution in [-0.2, 0) is 12.8 Å². The molecule has 6 heteroatoms. The minimum atomic E-state index is -0.494. The summed E-state index contributed by atoms with van der Waals surface area (Å²) in [4.78, 5) is 22.4. The SMILES string of the molecule is CNC(=O)c1cc([N+](=O)[O-])ccc1NCCC1Cc2ccccc2C1. The molecule has 2 N–H and O–H groups in total. The molecule has 130 valence electrons. The summed E-state index contributed by atoms with van der Waals surface area (Å²) in [6, 6.07) is 12.8. The van der Waals surface area contributed by atoms with Gasteiger partial charge < -0.3 is 10.6 Å². The molecule has 2 aromatic carbocycles.